The zero-order chi connectivity index (χ0) is 38.3. The van der Waals surface area contributed by atoms with Crippen molar-refractivity contribution in [1.29, 1.82) is 0 Å². The number of hydrogen-bond acceptors (Lipinski definition) is 2. The Bertz CT molecular complexity index is 2750. The Labute approximate surface area is 336 Å². The van der Waals surface area contributed by atoms with Crippen LogP contribution in [0.3, 0.4) is 0 Å². The van der Waals surface area contributed by atoms with Crippen molar-refractivity contribution in [3.8, 4) is 11.1 Å². The lowest BCUT2D eigenvalue weighted by Crippen LogP contribution is -2.42. The first kappa shape index (κ1) is 34.3. The van der Waals surface area contributed by atoms with Crippen molar-refractivity contribution in [2.75, 3.05) is 9.80 Å². The van der Waals surface area contributed by atoms with Crippen LogP contribution in [0.15, 0.2) is 219 Å². The number of allylic oxidation sites excluding steroid dienone is 8. The minimum absolute atomic E-state index is 0.643. The lowest BCUT2D eigenvalue weighted by Gasteiger charge is -2.51. The molecule has 2 heterocycles. The Morgan fingerprint density at radius 3 is 1.68 bits per heavy atom. The zero-order valence-corrected chi connectivity index (χ0v) is 31.9. The van der Waals surface area contributed by atoms with Gasteiger partial charge in [0.25, 0.3) is 0 Å². The molecule has 7 aromatic carbocycles. The van der Waals surface area contributed by atoms with E-state index in [2.05, 4.69) is 211 Å². The molecule has 272 valence electrons. The first-order valence-electron chi connectivity index (χ1n) is 19.8. The van der Waals surface area contributed by atoms with Gasteiger partial charge < -0.3 is 9.80 Å². The fourth-order valence-corrected chi connectivity index (χ4v) is 9.37. The van der Waals surface area contributed by atoms with Crippen LogP contribution in [0.2, 0.25) is 0 Å². The molecule has 0 N–H and O–H groups in total. The number of nitrogens with zero attached hydrogens (tertiary/aromatic N) is 2. The van der Waals surface area contributed by atoms with E-state index in [9.17, 15) is 0 Å². The molecule has 2 heteroatoms. The van der Waals surface area contributed by atoms with Gasteiger partial charge in [-0.2, -0.15) is 0 Å². The number of hydrogen-bond donors (Lipinski definition) is 0. The quantitative estimate of drug-likeness (QED) is 0.151. The second-order valence-corrected chi connectivity index (χ2v) is 14.9. The van der Waals surface area contributed by atoms with E-state index in [1.54, 1.807) is 0 Å². The van der Waals surface area contributed by atoms with Crippen LogP contribution in [0.4, 0.5) is 34.1 Å². The van der Waals surface area contributed by atoms with Crippen LogP contribution < -0.4 is 9.80 Å². The van der Waals surface area contributed by atoms with Crippen LogP contribution in [0.5, 0.6) is 0 Å². The van der Waals surface area contributed by atoms with E-state index in [0.29, 0.717) is 0 Å². The number of benzene rings is 7. The van der Waals surface area contributed by atoms with Crippen LogP contribution in [0, 0.1) is 0 Å². The second kappa shape index (κ2) is 14.2. The fourth-order valence-electron chi connectivity index (χ4n) is 9.37. The first-order valence-corrected chi connectivity index (χ1v) is 19.8. The first-order chi connectivity index (χ1) is 28.2. The van der Waals surface area contributed by atoms with Crippen molar-refractivity contribution >= 4 is 45.3 Å². The Hall–Kier alpha value is -7.16. The van der Waals surface area contributed by atoms with Crippen LogP contribution in [-0.2, 0) is 5.41 Å². The Kier molecular flexibility index (Phi) is 8.53. The summed E-state index contributed by atoms with van der Waals surface area (Å²) in [6, 6.07) is 62.8. The van der Waals surface area contributed by atoms with Gasteiger partial charge in [-0.3, -0.25) is 0 Å². The predicted molar refractivity (Wildman–Crippen MR) is 241 cm³/mol. The third kappa shape index (κ3) is 5.48. The summed E-state index contributed by atoms with van der Waals surface area (Å²) >= 11 is 0. The average molecular weight is 731 g/mol. The van der Waals surface area contributed by atoms with Gasteiger partial charge in [-0.15, -0.1) is 0 Å². The minimum atomic E-state index is -0.643. The molecule has 0 unspecified atom stereocenters. The summed E-state index contributed by atoms with van der Waals surface area (Å²) in [5.41, 5.74) is 18.2. The monoisotopic (exact) mass is 730 g/mol. The summed E-state index contributed by atoms with van der Waals surface area (Å²) in [5.74, 6) is 0. The van der Waals surface area contributed by atoms with Gasteiger partial charge >= 0.3 is 0 Å². The van der Waals surface area contributed by atoms with Crippen molar-refractivity contribution in [3.63, 3.8) is 0 Å². The highest BCUT2D eigenvalue weighted by molar-refractivity contribution is 5.98. The Balaban J connectivity index is 1.28. The maximum atomic E-state index is 4.12. The lowest BCUT2D eigenvalue weighted by molar-refractivity contribution is 0.719. The van der Waals surface area contributed by atoms with Crippen molar-refractivity contribution in [3.05, 3.63) is 253 Å². The van der Waals surface area contributed by atoms with Crippen LogP contribution in [0.1, 0.15) is 46.2 Å². The summed E-state index contributed by atoms with van der Waals surface area (Å²) in [7, 11) is 0. The fraction of sp³-hybridized carbons (Fsp3) is 0.0545. The molecular weight excluding hydrogens is 689 g/mol. The van der Waals surface area contributed by atoms with E-state index < -0.39 is 5.41 Å². The Morgan fingerprint density at radius 2 is 1.07 bits per heavy atom. The summed E-state index contributed by atoms with van der Waals surface area (Å²) in [6.07, 6.45) is 14.8. The van der Waals surface area contributed by atoms with Crippen LogP contribution >= 0.6 is 0 Å². The van der Waals surface area contributed by atoms with E-state index in [4.69, 9.17) is 0 Å². The molecule has 10 rings (SSSR count). The predicted octanol–water partition coefficient (Wildman–Crippen LogP) is 14.8. The highest BCUT2D eigenvalue weighted by atomic mass is 15.2. The molecule has 0 saturated heterocycles. The molecule has 0 bridgehead atoms. The topological polar surface area (TPSA) is 6.48 Å². The minimum Gasteiger partial charge on any atom is -0.310 e. The molecular formula is C55H42N2. The SMILES string of the molecule is C=C/C=C(\C=C)c1cccc(N2c3ccccc3C3(c4ccccc42)c2ccccc2N(c2cccc(C4=CCCC=C4)c2)c2ccc(-c4ccccc4)cc23)c1. The molecule has 0 saturated carbocycles. The molecule has 57 heavy (non-hydrogen) atoms. The highest BCUT2D eigenvalue weighted by Crippen LogP contribution is 2.64. The lowest BCUT2D eigenvalue weighted by atomic mass is 9.60. The smallest absolute Gasteiger partial charge is 0.0783 e. The van der Waals surface area contributed by atoms with Gasteiger partial charge in [-0.1, -0.05) is 165 Å². The van der Waals surface area contributed by atoms with Gasteiger partial charge in [0.1, 0.15) is 0 Å². The standard InChI is InChI=1S/C55H42N2/c1-3-19-39(4-2)42-24-17-26-45(36-42)56-51-31-14-11-28-47(51)55(48-29-12-15-32-52(48)56)49-30-13-16-33-53(49)57(46-27-18-25-43(37-46)40-20-7-5-8-21-40)54-35-34-44(38-50(54)55)41-22-9-6-10-23-41/h3-4,6-7,9-38H,1-2,5,8H2/b39-19+. The van der Waals surface area contributed by atoms with Crippen molar-refractivity contribution in [2.45, 2.75) is 18.3 Å². The van der Waals surface area contributed by atoms with E-state index in [1.807, 2.05) is 18.2 Å². The van der Waals surface area contributed by atoms with Crippen molar-refractivity contribution in [1.82, 2.24) is 0 Å². The zero-order valence-electron chi connectivity index (χ0n) is 31.9. The molecule has 7 aromatic rings. The van der Waals surface area contributed by atoms with Gasteiger partial charge in [-0.05, 0) is 123 Å². The molecule has 1 aliphatic carbocycles. The van der Waals surface area contributed by atoms with Gasteiger partial charge in [0.05, 0.1) is 28.2 Å². The van der Waals surface area contributed by atoms with Gasteiger partial charge in [-0.25, -0.2) is 0 Å². The van der Waals surface area contributed by atoms with E-state index in [1.165, 1.54) is 55.9 Å². The molecule has 1 spiro atoms. The maximum absolute atomic E-state index is 4.12. The average Bonchev–Trinajstić information content (AvgIpc) is 3.28. The Morgan fingerprint density at radius 1 is 0.491 bits per heavy atom. The normalized spacial score (nSPS) is 14.9. The van der Waals surface area contributed by atoms with Crippen LogP contribution in [0.25, 0.3) is 22.3 Å². The van der Waals surface area contributed by atoms with E-state index in [-0.39, 0.29) is 0 Å². The summed E-state index contributed by atoms with van der Waals surface area (Å²) in [6.45, 7) is 8.08. The molecule has 0 atom stereocenters. The molecule has 0 radical (unpaired) electrons. The largest absolute Gasteiger partial charge is 0.310 e. The number of rotatable bonds is 7. The third-order valence-electron chi connectivity index (χ3n) is 11.8. The number of anilines is 6. The molecule has 2 nitrogen and oxygen atoms in total. The van der Waals surface area contributed by atoms with Crippen LogP contribution in [-0.4, -0.2) is 0 Å². The van der Waals surface area contributed by atoms with Gasteiger partial charge in [0.15, 0.2) is 0 Å². The maximum Gasteiger partial charge on any atom is 0.0783 e. The second-order valence-electron chi connectivity index (χ2n) is 14.9. The summed E-state index contributed by atoms with van der Waals surface area (Å²) in [5, 5.41) is 0. The third-order valence-corrected chi connectivity index (χ3v) is 11.8. The van der Waals surface area contributed by atoms with Gasteiger partial charge in [0, 0.05) is 11.4 Å². The highest BCUT2D eigenvalue weighted by Gasteiger charge is 2.52. The molecule has 0 aromatic heterocycles. The van der Waals surface area contributed by atoms with E-state index >= 15 is 0 Å². The summed E-state index contributed by atoms with van der Waals surface area (Å²) in [4.78, 5) is 4.93. The molecule has 0 fully saturated rings. The summed E-state index contributed by atoms with van der Waals surface area (Å²) < 4.78 is 0. The van der Waals surface area contributed by atoms with E-state index in [0.717, 1.165) is 46.7 Å². The van der Waals surface area contributed by atoms with Gasteiger partial charge in [0.2, 0.25) is 0 Å². The number of fused-ring (bicyclic) bond motifs is 8. The molecule has 0 amide bonds. The molecule has 3 aliphatic rings. The van der Waals surface area contributed by atoms with Crippen molar-refractivity contribution in [2.24, 2.45) is 0 Å². The van der Waals surface area contributed by atoms with Crippen molar-refractivity contribution < 1.29 is 0 Å². The molecule has 2 aliphatic heterocycles. The number of para-hydroxylation sites is 3.